The number of carbonyl (C=O) groups excluding carboxylic acids is 1. The van der Waals surface area contributed by atoms with Gasteiger partial charge in [-0.05, 0) is 60.7 Å². The molecule has 0 saturated carbocycles. The Morgan fingerprint density at radius 1 is 1.09 bits per heavy atom. The number of hydrogen-bond donors (Lipinski definition) is 1. The van der Waals surface area contributed by atoms with Gasteiger partial charge in [-0.1, -0.05) is 19.1 Å². The third-order valence-electron chi connectivity index (χ3n) is 6.11. The summed E-state index contributed by atoms with van der Waals surface area (Å²) in [5.41, 5.74) is 1.79. The van der Waals surface area contributed by atoms with Crippen molar-refractivity contribution in [3.05, 3.63) is 53.6 Å². The molecule has 0 aromatic heterocycles. The molecule has 2 aliphatic rings. The molecule has 2 heterocycles. The normalized spacial score (nSPS) is 16.5. The van der Waals surface area contributed by atoms with Gasteiger partial charge in [0.15, 0.2) is 23.0 Å². The highest BCUT2D eigenvalue weighted by atomic mass is 16.7. The van der Waals surface area contributed by atoms with Gasteiger partial charge in [0.2, 0.25) is 12.7 Å². The van der Waals surface area contributed by atoms with E-state index in [2.05, 4.69) is 18.3 Å². The van der Waals surface area contributed by atoms with Crippen LogP contribution in [0.3, 0.4) is 0 Å². The van der Waals surface area contributed by atoms with E-state index in [-0.39, 0.29) is 18.1 Å². The maximum absolute atomic E-state index is 12.7. The Hall–Kier alpha value is -3.19. The molecular formula is C26H31NO6. The minimum atomic E-state index is -0.204. The summed E-state index contributed by atoms with van der Waals surface area (Å²) in [6, 6.07) is 11.7. The summed E-state index contributed by atoms with van der Waals surface area (Å²) < 4.78 is 27.7. The van der Waals surface area contributed by atoms with Crippen LogP contribution in [0.5, 0.6) is 23.0 Å². The first-order valence-corrected chi connectivity index (χ1v) is 11.4. The summed E-state index contributed by atoms with van der Waals surface area (Å²) >= 11 is 0. The Bertz CT molecular complexity index is 996. The zero-order valence-electron chi connectivity index (χ0n) is 19.2. The summed E-state index contributed by atoms with van der Waals surface area (Å²) in [7, 11) is 1.61. The number of benzene rings is 2. The first-order chi connectivity index (χ1) is 16.1. The predicted molar refractivity (Wildman–Crippen MR) is 125 cm³/mol. The first kappa shape index (κ1) is 23.0. The molecule has 2 aliphatic heterocycles. The van der Waals surface area contributed by atoms with E-state index in [4.69, 9.17) is 23.7 Å². The van der Waals surface area contributed by atoms with Crippen LogP contribution in [0, 0.1) is 0 Å². The first-order valence-electron chi connectivity index (χ1n) is 11.4. The molecule has 2 aromatic rings. The second-order valence-electron chi connectivity index (χ2n) is 8.27. The van der Waals surface area contributed by atoms with E-state index < -0.39 is 0 Å². The fourth-order valence-electron chi connectivity index (χ4n) is 4.16. The molecule has 1 saturated heterocycles. The molecule has 0 aliphatic carbocycles. The van der Waals surface area contributed by atoms with Crippen LogP contribution in [0.15, 0.2) is 42.5 Å². The van der Waals surface area contributed by atoms with Crippen LogP contribution in [0.1, 0.15) is 37.3 Å². The second-order valence-corrected chi connectivity index (χ2v) is 8.27. The largest absolute Gasteiger partial charge is 0.493 e. The highest BCUT2D eigenvalue weighted by Gasteiger charge is 2.35. The topological polar surface area (TPSA) is 75.3 Å². The average Bonchev–Trinajstić information content (AvgIpc) is 3.34. The molecular weight excluding hydrogens is 422 g/mol. The smallest absolute Gasteiger partial charge is 0.244 e. The number of rotatable bonds is 9. The molecule has 176 valence electrons. The quantitative estimate of drug-likeness (QED) is 0.577. The van der Waals surface area contributed by atoms with Crippen LogP contribution < -0.4 is 24.3 Å². The minimum Gasteiger partial charge on any atom is -0.493 e. The van der Waals surface area contributed by atoms with Gasteiger partial charge in [-0.3, -0.25) is 4.79 Å². The zero-order valence-corrected chi connectivity index (χ0v) is 19.2. The number of ether oxygens (including phenoxy) is 5. The molecule has 7 nitrogen and oxygen atoms in total. The van der Waals surface area contributed by atoms with E-state index in [0.29, 0.717) is 37.9 Å². The Labute approximate surface area is 194 Å². The van der Waals surface area contributed by atoms with Crippen LogP contribution in [-0.2, 0) is 14.9 Å². The number of fused-ring (bicyclic) bond motifs is 1. The monoisotopic (exact) mass is 453 g/mol. The van der Waals surface area contributed by atoms with Crippen LogP contribution in [0.25, 0.3) is 6.08 Å². The number of hydrogen-bond acceptors (Lipinski definition) is 6. The Kier molecular flexibility index (Phi) is 7.40. The maximum Gasteiger partial charge on any atom is 0.244 e. The van der Waals surface area contributed by atoms with Gasteiger partial charge in [0.25, 0.3) is 0 Å². The summed E-state index contributed by atoms with van der Waals surface area (Å²) in [6.45, 7) is 4.77. The molecule has 0 spiro atoms. The Balaban J connectivity index is 1.42. The molecule has 0 bridgehead atoms. The van der Waals surface area contributed by atoms with E-state index in [0.717, 1.165) is 41.9 Å². The molecule has 1 amide bonds. The summed E-state index contributed by atoms with van der Waals surface area (Å²) in [6.07, 6.45) is 5.90. The zero-order chi connectivity index (χ0) is 23.1. The van der Waals surface area contributed by atoms with E-state index in [1.54, 1.807) is 19.3 Å². The van der Waals surface area contributed by atoms with Gasteiger partial charge in [-0.15, -0.1) is 0 Å². The lowest BCUT2D eigenvalue weighted by atomic mass is 9.74. The lowest BCUT2D eigenvalue weighted by Crippen LogP contribution is -2.44. The van der Waals surface area contributed by atoms with Crippen LogP contribution in [0.2, 0.25) is 0 Å². The van der Waals surface area contributed by atoms with Crippen LogP contribution in [-0.4, -0.2) is 46.2 Å². The van der Waals surface area contributed by atoms with Crippen molar-refractivity contribution in [2.45, 2.75) is 31.6 Å². The lowest BCUT2D eigenvalue weighted by Gasteiger charge is -2.38. The fourth-order valence-corrected chi connectivity index (χ4v) is 4.16. The van der Waals surface area contributed by atoms with Gasteiger partial charge in [-0.2, -0.15) is 0 Å². The van der Waals surface area contributed by atoms with Crippen LogP contribution >= 0.6 is 0 Å². The van der Waals surface area contributed by atoms with Crippen LogP contribution in [0.4, 0.5) is 0 Å². The molecule has 7 heteroatoms. The number of carbonyl (C=O) groups is 1. The van der Waals surface area contributed by atoms with Gasteiger partial charge in [0.1, 0.15) is 0 Å². The van der Waals surface area contributed by atoms with Crippen molar-refractivity contribution in [2.24, 2.45) is 0 Å². The SMILES string of the molecule is CCCOc1ccc(/C=C/C(=O)NCC2(c3ccc4c(c3)OCO4)CCOCC2)cc1OC. The van der Waals surface area contributed by atoms with Gasteiger partial charge in [-0.25, -0.2) is 0 Å². The number of methoxy groups -OCH3 is 1. The third kappa shape index (κ3) is 5.42. The van der Waals surface area contributed by atoms with Gasteiger partial charge >= 0.3 is 0 Å². The van der Waals surface area contributed by atoms with Crippen molar-refractivity contribution in [1.29, 1.82) is 0 Å². The standard InChI is InChI=1S/C26H31NO6/c1-3-12-31-21-7-4-19(15-23(21)29-2)5-9-25(28)27-17-26(10-13-30-14-11-26)20-6-8-22-24(16-20)33-18-32-22/h4-9,15-16H,3,10-14,17-18H2,1-2H3,(H,27,28)/b9-5+. The van der Waals surface area contributed by atoms with E-state index in [1.165, 1.54) is 0 Å². The molecule has 0 atom stereocenters. The Morgan fingerprint density at radius 2 is 1.91 bits per heavy atom. The molecule has 33 heavy (non-hydrogen) atoms. The summed E-state index contributed by atoms with van der Waals surface area (Å²) in [5.74, 6) is 2.72. The molecule has 2 aromatic carbocycles. The van der Waals surface area contributed by atoms with Gasteiger partial charge < -0.3 is 29.0 Å². The maximum atomic E-state index is 12.7. The van der Waals surface area contributed by atoms with Crippen molar-refractivity contribution in [1.82, 2.24) is 5.32 Å². The Morgan fingerprint density at radius 3 is 2.70 bits per heavy atom. The van der Waals surface area contributed by atoms with Gasteiger partial charge in [0.05, 0.1) is 13.7 Å². The molecule has 1 fully saturated rings. The van der Waals surface area contributed by atoms with E-state index in [1.807, 2.05) is 30.3 Å². The summed E-state index contributed by atoms with van der Waals surface area (Å²) in [5, 5.41) is 3.09. The average molecular weight is 454 g/mol. The molecule has 0 radical (unpaired) electrons. The molecule has 0 unspecified atom stereocenters. The van der Waals surface area contributed by atoms with E-state index in [9.17, 15) is 4.79 Å². The molecule has 1 N–H and O–H groups in total. The number of amides is 1. The van der Waals surface area contributed by atoms with Crippen molar-refractivity contribution in [3.63, 3.8) is 0 Å². The van der Waals surface area contributed by atoms with Crippen molar-refractivity contribution in [2.75, 3.05) is 40.3 Å². The van der Waals surface area contributed by atoms with Crippen molar-refractivity contribution in [3.8, 4) is 23.0 Å². The van der Waals surface area contributed by atoms with Gasteiger partial charge in [0, 0.05) is 31.2 Å². The highest BCUT2D eigenvalue weighted by molar-refractivity contribution is 5.91. The lowest BCUT2D eigenvalue weighted by molar-refractivity contribution is -0.116. The van der Waals surface area contributed by atoms with Crippen molar-refractivity contribution >= 4 is 12.0 Å². The van der Waals surface area contributed by atoms with Crippen molar-refractivity contribution < 1.29 is 28.5 Å². The summed E-state index contributed by atoms with van der Waals surface area (Å²) in [4.78, 5) is 12.7. The third-order valence-corrected chi connectivity index (χ3v) is 6.11. The minimum absolute atomic E-state index is 0.146. The number of nitrogens with one attached hydrogen (secondary N) is 1. The second kappa shape index (κ2) is 10.6. The highest BCUT2D eigenvalue weighted by Crippen LogP contribution is 2.40. The molecule has 4 rings (SSSR count). The fraction of sp³-hybridized carbons (Fsp3) is 0.423. The predicted octanol–water partition coefficient (Wildman–Crippen LogP) is 4.09. The van der Waals surface area contributed by atoms with E-state index >= 15 is 0 Å².